The number of aliphatic hydroxyl groups is 6. The highest BCUT2D eigenvalue weighted by molar-refractivity contribution is 7.99. The second kappa shape index (κ2) is 30.9. The first kappa shape index (κ1) is 64.1. The Labute approximate surface area is 489 Å². The number of aromatic amines is 4. The number of hydrogen-bond acceptors (Lipinski definition) is 20. The quantitative estimate of drug-likeness (QED) is 0.0478. The number of aromatic nitrogens is 8. The van der Waals surface area contributed by atoms with Gasteiger partial charge in [-0.2, -0.15) is 47.0 Å². The highest BCUT2D eigenvalue weighted by Gasteiger charge is 2.44. The number of nitrogens with zero attached hydrogens (tertiary/aromatic N) is 6. The smallest absolute Gasteiger partial charge is 0.254 e. The van der Waals surface area contributed by atoms with Crippen molar-refractivity contribution in [3.05, 3.63) is 136 Å². The van der Waals surface area contributed by atoms with E-state index in [1.54, 1.807) is 23.5 Å². The summed E-state index contributed by atoms with van der Waals surface area (Å²) in [5.74, 6) is 5.06. The first-order valence-corrected chi connectivity index (χ1v) is 32.9. The van der Waals surface area contributed by atoms with Crippen molar-refractivity contribution in [2.45, 2.75) is 82.5 Å². The zero-order chi connectivity index (χ0) is 58.1. The molecule has 0 saturated carbocycles. The molecule has 0 aromatic carbocycles. The van der Waals surface area contributed by atoms with Crippen LogP contribution in [0.25, 0.3) is 22.3 Å². The summed E-state index contributed by atoms with van der Waals surface area (Å²) >= 11 is 6.83. The topological polar surface area (TPSA) is 311 Å². The number of rotatable bonds is 23. The lowest BCUT2D eigenvalue weighted by Gasteiger charge is -2.29. The third-order valence-electron chi connectivity index (χ3n) is 15.6. The van der Waals surface area contributed by atoms with Gasteiger partial charge in [-0.05, 0) is 122 Å². The Kier molecular flexibility index (Phi) is 24.5. The second-order valence-corrected chi connectivity index (χ2v) is 25.4. The number of H-pyrrole nitrogens is 4. The molecule has 5 atom stereocenters. The number of hydrogen-bond donors (Lipinski definition) is 10. The van der Waals surface area contributed by atoms with Gasteiger partial charge in [0.1, 0.15) is 5.60 Å². The van der Waals surface area contributed by atoms with Gasteiger partial charge in [-0.25, -0.2) is 19.9 Å². The predicted molar refractivity (Wildman–Crippen MR) is 328 cm³/mol. The number of allylic oxidation sites excluding steroid dienone is 6. The molecule has 4 aromatic heterocycles. The van der Waals surface area contributed by atoms with Crippen molar-refractivity contribution in [3.63, 3.8) is 0 Å². The third-order valence-corrected chi connectivity index (χ3v) is 19.5. The van der Waals surface area contributed by atoms with Gasteiger partial charge in [0.15, 0.2) is 0 Å². The van der Waals surface area contributed by atoms with E-state index in [4.69, 9.17) is 0 Å². The maximum atomic E-state index is 11.8. The van der Waals surface area contributed by atoms with E-state index in [0.717, 1.165) is 99.4 Å². The van der Waals surface area contributed by atoms with Crippen LogP contribution in [0.2, 0.25) is 0 Å². The van der Waals surface area contributed by atoms with E-state index in [9.17, 15) is 49.8 Å². The fraction of sp³-hybridized carbons (Fsp3) is 0.579. The van der Waals surface area contributed by atoms with Gasteiger partial charge in [-0.3, -0.25) is 29.0 Å². The zero-order valence-corrected chi connectivity index (χ0v) is 50.1. The molecule has 0 bridgehead atoms. The predicted octanol–water partition coefficient (Wildman–Crippen LogP) is 2.91. The third kappa shape index (κ3) is 16.5. The molecular weight excluding hydrogens is 1110 g/mol. The molecular formula is C57H80N10O10S4. The van der Waals surface area contributed by atoms with Crippen LogP contribution in [-0.4, -0.2) is 205 Å². The van der Waals surface area contributed by atoms with E-state index in [-0.39, 0.29) is 48.2 Å². The van der Waals surface area contributed by atoms with E-state index in [1.807, 2.05) is 47.6 Å². The van der Waals surface area contributed by atoms with Crippen molar-refractivity contribution >= 4 is 69.3 Å². The molecule has 3 unspecified atom stereocenters. The van der Waals surface area contributed by atoms with Crippen LogP contribution in [0, 0.1) is 17.3 Å². The largest absolute Gasteiger partial charge is 0.396 e. The van der Waals surface area contributed by atoms with Gasteiger partial charge >= 0.3 is 0 Å². The van der Waals surface area contributed by atoms with Gasteiger partial charge in [0, 0.05) is 91.0 Å². The number of aliphatic hydroxyl groups excluding tert-OH is 5. The lowest BCUT2D eigenvalue weighted by molar-refractivity contribution is -0.0215. The van der Waals surface area contributed by atoms with Gasteiger partial charge in [0.2, 0.25) is 0 Å². The summed E-state index contributed by atoms with van der Waals surface area (Å²) in [5, 5.41) is 59.1. The number of fused-ring (bicyclic) bond motifs is 4. The van der Waals surface area contributed by atoms with Gasteiger partial charge in [-0.1, -0.05) is 31.2 Å². The molecule has 0 amide bonds. The van der Waals surface area contributed by atoms with Crippen LogP contribution in [0.4, 0.5) is 0 Å². The molecule has 442 valence electrons. The molecule has 81 heavy (non-hydrogen) atoms. The molecule has 20 nitrogen and oxygen atoms in total. The first-order chi connectivity index (χ1) is 39.1. The van der Waals surface area contributed by atoms with E-state index in [1.165, 1.54) is 43.5 Å². The molecule has 6 aliphatic rings. The summed E-state index contributed by atoms with van der Waals surface area (Å²) in [5.41, 5.74) is 8.70. The maximum Gasteiger partial charge on any atom is 0.254 e. The van der Waals surface area contributed by atoms with Gasteiger partial charge < -0.3 is 50.6 Å². The lowest BCUT2D eigenvalue weighted by atomic mass is 9.85. The minimum atomic E-state index is -1.05. The zero-order valence-electron chi connectivity index (χ0n) is 46.8. The minimum Gasteiger partial charge on any atom is -0.396 e. The Morgan fingerprint density at radius 1 is 0.654 bits per heavy atom. The van der Waals surface area contributed by atoms with Crippen molar-refractivity contribution in [1.82, 2.24) is 49.7 Å². The molecule has 0 spiro atoms. The molecule has 2 saturated heterocycles. The Hall–Kier alpha value is -4.44. The fourth-order valence-electron chi connectivity index (χ4n) is 11.1. The summed E-state index contributed by atoms with van der Waals surface area (Å²) < 4.78 is 0. The van der Waals surface area contributed by atoms with Crippen LogP contribution in [0.1, 0.15) is 84.1 Å². The SMILES string of the molecule is CCCSC[C@H]1CN(CC2=CCc3c2nc[nH]c3=O)CC1O.CSCC(CO)(CO)CCC1=CCc2c1nc[nH]c2=O.CSCC(CO)CCC1=CCc2c1nc[nH]c2=O.CSC[C@@]1(O)CN(CC2=CCc3c2nc[nH]c3=O)CC1O. The van der Waals surface area contributed by atoms with Crippen LogP contribution < -0.4 is 22.2 Å². The molecule has 2 fully saturated rings. The average molecular weight is 1190 g/mol. The number of β-amino-alcohol motifs (C(OH)–C–C–N with tert-alkyl or cyclic N) is 3. The van der Waals surface area contributed by atoms with Crippen LogP contribution in [0.15, 0.2) is 68.8 Å². The molecule has 2 aliphatic heterocycles. The van der Waals surface area contributed by atoms with Crippen molar-refractivity contribution < 1.29 is 30.6 Å². The van der Waals surface area contributed by atoms with Crippen LogP contribution in [0.5, 0.6) is 0 Å². The monoisotopic (exact) mass is 1190 g/mol. The average Bonchev–Trinajstić information content (AvgIpc) is 4.55. The summed E-state index contributed by atoms with van der Waals surface area (Å²) in [6, 6.07) is 0. The molecule has 0 radical (unpaired) electrons. The highest BCUT2D eigenvalue weighted by Crippen LogP contribution is 2.35. The lowest BCUT2D eigenvalue weighted by Crippen LogP contribution is -2.44. The number of thioether (sulfide) groups is 4. The Morgan fingerprint density at radius 2 is 1.14 bits per heavy atom. The molecule has 6 heterocycles. The van der Waals surface area contributed by atoms with E-state index in [2.05, 4.69) is 63.8 Å². The Balaban J connectivity index is 0.000000156. The summed E-state index contributed by atoms with van der Waals surface area (Å²) in [6.45, 7) is 6.22. The second-order valence-electron chi connectivity index (χ2n) is 21.6. The van der Waals surface area contributed by atoms with Crippen molar-refractivity contribution in [2.75, 3.05) is 107 Å². The van der Waals surface area contributed by atoms with E-state index >= 15 is 0 Å². The number of nitrogens with one attached hydrogen (secondary N) is 4. The fourth-order valence-corrected chi connectivity index (χ4v) is 14.6. The maximum absolute atomic E-state index is 11.8. The summed E-state index contributed by atoms with van der Waals surface area (Å²) in [7, 11) is 0. The molecule has 10 N–H and O–H groups in total. The standard InChI is InChI=1S/C16H23N3O2S.C14H19N3O3S.C14H20N2O3S.C13H18N2O2S/c1-2-5-22-9-12-7-19(8-14(12)20)6-11-3-4-13-15(11)17-10-18-16(13)21;1-21-7-14(20)6-17(5-11(14)18)4-9-2-3-10-12(9)15-8-16-13(10)19;1-20-8-14(6-17,7-18)5-4-10-2-3-11-12(10)15-9-16-13(11)19;1-18-7-9(6-16)2-3-10-4-5-11-12(10)14-8-15-13(11)17/h3,10,12,14,20H,2,4-9H2,1H3,(H,17,18,21);2,8,11,18,20H,3-7H2,1H3,(H,15,16,19);2,9,17-18H,3-8H2,1H3,(H,15,16,19);4,8-9,16H,2-3,5-7H2,1H3,(H,14,15,17)/t12-,14?;11?,14-;;/m10../s1. The molecule has 4 aliphatic carbocycles. The summed E-state index contributed by atoms with van der Waals surface area (Å²) in [4.78, 5) is 78.5. The minimum absolute atomic E-state index is 0.0333. The van der Waals surface area contributed by atoms with Crippen LogP contribution in [-0.2, 0) is 25.7 Å². The van der Waals surface area contributed by atoms with Gasteiger partial charge in [0.05, 0.1) is 73.5 Å². The molecule has 24 heteroatoms. The van der Waals surface area contributed by atoms with Crippen LogP contribution in [0.3, 0.4) is 0 Å². The molecule has 4 aromatic rings. The van der Waals surface area contributed by atoms with Crippen molar-refractivity contribution in [3.8, 4) is 0 Å². The highest BCUT2D eigenvalue weighted by atomic mass is 32.2. The van der Waals surface area contributed by atoms with Gasteiger partial charge in [-0.15, -0.1) is 0 Å². The Morgan fingerprint density at radius 3 is 1.59 bits per heavy atom. The summed E-state index contributed by atoms with van der Waals surface area (Å²) in [6.07, 6.45) is 25.9. The van der Waals surface area contributed by atoms with Crippen LogP contribution >= 0.6 is 47.0 Å². The van der Waals surface area contributed by atoms with Gasteiger partial charge in [0.25, 0.3) is 22.2 Å². The molecule has 10 rings (SSSR count). The number of likely N-dealkylation sites (tertiary alicyclic amines) is 2. The Bertz CT molecular complexity index is 3100. The van der Waals surface area contributed by atoms with E-state index in [0.29, 0.717) is 99.2 Å². The normalized spacial score (nSPS) is 21.0. The first-order valence-electron chi connectivity index (χ1n) is 27.6. The van der Waals surface area contributed by atoms with E-state index < -0.39 is 17.1 Å². The van der Waals surface area contributed by atoms with Crippen molar-refractivity contribution in [2.24, 2.45) is 17.3 Å². The van der Waals surface area contributed by atoms with Crippen molar-refractivity contribution in [1.29, 1.82) is 0 Å².